The van der Waals surface area contributed by atoms with Gasteiger partial charge < -0.3 is 14.8 Å². The fraction of sp³-hybridized carbons (Fsp3) is 0.333. The summed E-state index contributed by atoms with van der Waals surface area (Å²) in [6, 6.07) is 14.9. The van der Waals surface area contributed by atoms with E-state index in [-0.39, 0.29) is 24.1 Å². The first-order chi connectivity index (χ1) is 13.0. The molecule has 1 amide bonds. The molecule has 0 spiro atoms. The van der Waals surface area contributed by atoms with Crippen LogP contribution in [0.1, 0.15) is 30.5 Å². The molecule has 0 radical (unpaired) electrons. The van der Waals surface area contributed by atoms with Crippen LogP contribution in [0.4, 0.5) is 0 Å². The van der Waals surface area contributed by atoms with Crippen molar-refractivity contribution in [2.75, 3.05) is 19.5 Å². The van der Waals surface area contributed by atoms with E-state index in [4.69, 9.17) is 9.47 Å². The smallest absolute Gasteiger partial charge is 0.308 e. The summed E-state index contributed by atoms with van der Waals surface area (Å²) in [5.41, 5.74) is 1.98. The number of hydrogen-bond donors (Lipinski definition) is 1. The second-order valence-corrected chi connectivity index (χ2v) is 7.06. The highest BCUT2D eigenvalue weighted by Gasteiger charge is 2.20. The van der Waals surface area contributed by atoms with Gasteiger partial charge in [-0.15, -0.1) is 11.8 Å². The van der Waals surface area contributed by atoms with Crippen LogP contribution in [0.25, 0.3) is 0 Å². The monoisotopic (exact) mass is 387 g/mol. The first-order valence-corrected chi connectivity index (χ1v) is 9.78. The molecule has 1 atom stereocenters. The van der Waals surface area contributed by atoms with Gasteiger partial charge in [-0.2, -0.15) is 0 Å². The maximum absolute atomic E-state index is 12.4. The third-order valence-electron chi connectivity index (χ3n) is 3.90. The fourth-order valence-corrected chi connectivity index (χ4v) is 3.23. The Kier molecular flexibility index (Phi) is 8.20. The van der Waals surface area contributed by atoms with Crippen molar-refractivity contribution in [3.8, 4) is 5.75 Å². The molecule has 2 aromatic rings. The van der Waals surface area contributed by atoms with Gasteiger partial charge in [0.15, 0.2) is 0 Å². The molecule has 2 rings (SSSR count). The van der Waals surface area contributed by atoms with Crippen molar-refractivity contribution in [3.05, 3.63) is 59.7 Å². The van der Waals surface area contributed by atoms with Gasteiger partial charge in [0.1, 0.15) is 5.75 Å². The number of aryl methyl sites for hydroxylation is 1. The number of hydrogen-bond acceptors (Lipinski definition) is 5. The van der Waals surface area contributed by atoms with Gasteiger partial charge in [-0.1, -0.05) is 29.8 Å². The summed E-state index contributed by atoms with van der Waals surface area (Å²) in [6.07, 6.45) is 0.0714. The van der Waals surface area contributed by atoms with E-state index in [1.54, 1.807) is 14.0 Å². The predicted octanol–water partition coefficient (Wildman–Crippen LogP) is 3.91. The number of methoxy groups -OCH3 is 1. The molecule has 1 N–H and O–H groups in total. The number of ether oxygens (including phenoxy) is 2. The van der Waals surface area contributed by atoms with Crippen molar-refractivity contribution in [2.24, 2.45) is 0 Å². The van der Waals surface area contributed by atoms with Crippen LogP contribution in [0.5, 0.6) is 5.75 Å². The van der Waals surface area contributed by atoms with Crippen molar-refractivity contribution in [1.82, 2.24) is 5.32 Å². The molecule has 0 fully saturated rings. The van der Waals surface area contributed by atoms with Gasteiger partial charge in [-0.05, 0) is 43.7 Å². The van der Waals surface area contributed by atoms with E-state index in [0.717, 1.165) is 10.5 Å². The molecule has 2 aromatic carbocycles. The van der Waals surface area contributed by atoms with Gasteiger partial charge in [0.05, 0.1) is 31.9 Å². The molecule has 27 heavy (non-hydrogen) atoms. The molecule has 0 aliphatic carbocycles. The van der Waals surface area contributed by atoms with Crippen molar-refractivity contribution >= 4 is 23.6 Å². The zero-order chi connectivity index (χ0) is 19.6. The third kappa shape index (κ3) is 6.98. The van der Waals surface area contributed by atoms with Crippen LogP contribution in [0, 0.1) is 6.92 Å². The second kappa shape index (κ2) is 10.6. The lowest BCUT2D eigenvalue weighted by Crippen LogP contribution is -2.32. The summed E-state index contributed by atoms with van der Waals surface area (Å²) in [6.45, 7) is 4.09. The second-order valence-electron chi connectivity index (χ2n) is 6.01. The van der Waals surface area contributed by atoms with Crippen LogP contribution in [-0.2, 0) is 14.3 Å². The highest BCUT2D eigenvalue weighted by molar-refractivity contribution is 8.00. The van der Waals surface area contributed by atoms with Crippen molar-refractivity contribution in [1.29, 1.82) is 0 Å². The van der Waals surface area contributed by atoms with Crippen LogP contribution in [-0.4, -0.2) is 31.3 Å². The minimum absolute atomic E-state index is 0.0714. The molecule has 6 heteroatoms. The Hall–Kier alpha value is -2.47. The summed E-state index contributed by atoms with van der Waals surface area (Å²) >= 11 is 1.46. The van der Waals surface area contributed by atoms with Gasteiger partial charge in [0, 0.05) is 4.90 Å². The lowest BCUT2D eigenvalue weighted by Gasteiger charge is -2.19. The quantitative estimate of drug-likeness (QED) is 0.522. The zero-order valence-electron chi connectivity index (χ0n) is 15.9. The van der Waals surface area contributed by atoms with Gasteiger partial charge in [-0.25, -0.2) is 0 Å². The summed E-state index contributed by atoms with van der Waals surface area (Å²) in [7, 11) is 1.58. The van der Waals surface area contributed by atoms with E-state index in [9.17, 15) is 9.59 Å². The molecule has 0 saturated heterocycles. The molecule has 144 valence electrons. The molecule has 0 aliphatic heterocycles. The third-order valence-corrected chi connectivity index (χ3v) is 4.91. The Morgan fingerprint density at radius 2 is 1.89 bits per heavy atom. The maximum Gasteiger partial charge on any atom is 0.308 e. The largest absolute Gasteiger partial charge is 0.497 e. The molecule has 1 unspecified atom stereocenters. The lowest BCUT2D eigenvalue weighted by molar-refractivity contribution is -0.143. The van der Waals surface area contributed by atoms with Crippen LogP contribution >= 0.6 is 11.8 Å². The van der Waals surface area contributed by atoms with Crippen molar-refractivity contribution < 1.29 is 19.1 Å². The Bertz CT molecular complexity index is 761. The molecular formula is C21H25NO4S. The number of esters is 1. The van der Waals surface area contributed by atoms with Crippen LogP contribution in [0.2, 0.25) is 0 Å². The van der Waals surface area contributed by atoms with Gasteiger partial charge in [-0.3, -0.25) is 9.59 Å². The molecule has 0 heterocycles. The summed E-state index contributed by atoms with van der Waals surface area (Å²) in [5.74, 6) is 0.450. The van der Waals surface area contributed by atoms with Crippen LogP contribution in [0.3, 0.4) is 0 Å². The molecule has 0 bridgehead atoms. The normalized spacial score (nSPS) is 11.5. The van der Waals surface area contributed by atoms with E-state index in [1.165, 1.54) is 17.3 Å². The van der Waals surface area contributed by atoms with Crippen LogP contribution < -0.4 is 10.1 Å². The fourth-order valence-electron chi connectivity index (χ4n) is 2.52. The molecule has 5 nitrogen and oxygen atoms in total. The van der Waals surface area contributed by atoms with E-state index in [0.29, 0.717) is 12.4 Å². The van der Waals surface area contributed by atoms with E-state index >= 15 is 0 Å². The summed E-state index contributed by atoms with van der Waals surface area (Å²) < 4.78 is 10.3. The number of benzene rings is 2. The molecule has 0 aliphatic rings. The van der Waals surface area contributed by atoms with Gasteiger partial charge in [0.2, 0.25) is 5.91 Å². The average Bonchev–Trinajstić information content (AvgIpc) is 2.67. The number of carbonyl (C=O) groups excluding carboxylic acids is 2. The van der Waals surface area contributed by atoms with E-state index in [1.807, 2.05) is 55.5 Å². The Balaban J connectivity index is 2.04. The average molecular weight is 388 g/mol. The number of thioether (sulfide) groups is 1. The standard InChI is InChI=1S/C21H25NO4S/c1-4-26-21(24)13-19(16-6-5-7-17(12-16)25-3)22-20(23)14-27-18-10-8-15(2)9-11-18/h5-12,19H,4,13-14H2,1-3H3,(H,22,23). The number of amides is 1. The first kappa shape index (κ1) is 20.8. The Morgan fingerprint density at radius 1 is 1.15 bits per heavy atom. The highest BCUT2D eigenvalue weighted by atomic mass is 32.2. The van der Waals surface area contributed by atoms with E-state index < -0.39 is 6.04 Å². The van der Waals surface area contributed by atoms with Crippen LogP contribution in [0.15, 0.2) is 53.4 Å². The maximum atomic E-state index is 12.4. The zero-order valence-corrected chi connectivity index (χ0v) is 16.7. The minimum Gasteiger partial charge on any atom is -0.497 e. The minimum atomic E-state index is -0.467. The summed E-state index contributed by atoms with van der Waals surface area (Å²) in [5, 5.41) is 2.94. The predicted molar refractivity (Wildman–Crippen MR) is 107 cm³/mol. The van der Waals surface area contributed by atoms with Gasteiger partial charge in [0.25, 0.3) is 0 Å². The number of carbonyl (C=O) groups is 2. The Labute approximate surface area is 164 Å². The molecule has 0 saturated carbocycles. The number of rotatable bonds is 9. The van der Waals surface area contributed by atoms with Gasteiger partial charge >= 0.3 is 5.97 Å². The molecular weight excluding hydrogens is 362 g/mol. The highest BCUT2D eigenvalue weighted by Crippen LogP contribution is 2.23. The number of nitrogens with one attached hydrogen (secondary N) is 1. The van der Waals surface area contributed by atoms with Crippen molar-refractivity contribution in [3.63, 3.8) is 0 Å². The van der Waals surface area contributed by atoms with Crippen molar-refractivity contribution in [2.45, 2.75) is 31.2 Å². The molecule has 0 aromatic heterocycles. The lowest BCUT2D eigenvalue weighted by atomic mass is 10.0. The summed E-state index contributed by atoms with van der Waals surface area (Å²) in [4.78, 5) is 25.4. The van der Waals surface area contributed by atoms with E-state index in [2.05, 4.69) is 5.32 Å². The Morgan fingerprint density at radius 3 is 2.56 bits per heavy atom. The topological polar surface area (TPSA) is 64.6 Å². The SMILES string of the molecule is CCOC(=O)CC(NC(=O)CSc1ccc(C)cc1)c1cccc(OC)c1. The first-order valence-electron chi connectivity index (χ1n) is 8.80.